The summed E-state index contributed by atoms with van der Waals surface area (Å²) in [4.78, 5) is 37.0. The Labute approximate surface area is 172 Å². The van der Waals surface area contributed by atoms with Gasteiger partial charge in [-0.2, -0.15) is 0 Å². The number of hydrogen-bond acceptors (Lipinski definition) is 6. The molecular formula is C22H19NO5S. The summed E-state index contributed by atoms with van der Waals surface area (Å²) in [6.07, 6.45) is 0. The van der Waals surface area contributed by atoms with Crippen LogP contribution in [0.15, 0.2) is 65.6 Å². The molecule has 6 nitrogen and oxygen atoms in total. The standard InChI is InChI=1S/C22H19NO5S/c1-27-21(25)16-9-17(22(26)28-2)11-18(10-16)23-20(24)13-29-19-8-7-14-5-3-4-6-15(14)12-19/h3-12H,13H2,1-2H3,(H,23,24). The number of thioether (sulfide) groups is 1. The predicted octanol–water partition coefficient (Wildman–Crippen LogP) is 4.14. The molecule has 0 radical (unpaired) electrons. The van der Waals surface area contributed by atoms with Crippen LogP contribution >= 0.6 is 11.8 Å². The molecule has 0 heterocycles. The number of fused-ring (bicyclic) bond motifs is 1. The minimum Gasteiger partial charge on any atom is -0.465 e. The van der Waals surface area contributed by atoms with Crippen LogP contribution in [0.4, 0.5) is 5.69 Å². The summed E-state index contributed by atoms with van der Waals surface area (Å²) in [5.41, 5.74) is 0.609. The molecule has 1 amide bonds. The van der Waals surface area contributed by atoms with Gasteiger partial charge in [0, 0.05) is 10.6 Å². The minimum absolute atomic E-state index is 0.146. The van der Waals surface area contributed by atoms with Crippen molar-refractivity contribution in [3.8, 4) is 0 Å². The number of benzene rings is 3. The molecule has 0 saturated carbocycles. The molecular weight excluding hydrogens is 390 g/mol. The first-order valence-electron chi connectivity index (χ1n) is 8.73. The number of ether oxygens (including phenoxy) is 2. The lowest BCUT2D eigenvalue weighted by Crippen LogP contribution is -2.16. The quantitative estimate of drug-likeness (QED) is 0.487. The van der Waals surface area contributed by atoms with Gasteiger partial charge in [-0.3, -0.25) is 4.79 Å². The molecule has 0 aromatic heterocycles. The number of methoxy groups -OCH3 is 2. The third-order valence-corrected chi connectivity index (χ3v) is 5.14. The molecule has 7 heteroatoms. The van der Waals surface area contributed by atoms with Crippen LogP contribution in [-0.2, 0) is 14.3 Å². The number of hydrogen-bond donors (Lipinski definition) is 1. The van der Waals surface area contributed by atoms with E-state index in [1.807, 2.05) is 42.5 Å². The maximum Gasteiger partial charge on any atom is 0.337 e. The van der Waals surface area contributed by atoms with Gasteiger partial charge in [0.1, 0.15) is 0 Å². The van der Waals surface area contributed by atoms with E-state index in [1.54, 1.807) is 0 Å². The van der Waals surface area contributed by atoms with Gasteiger partial charge >= 0.3 is 11.9 Å². The van der Waals surface area contributed by atoms with E-state index < -0.39 is 11.9 Å². The minimum atomic E-state index is -0.614. The predicted molar refractivity (Wildman–Crippen MR) is 112 cm³/mol. The first-order valence-corrected chi connectivity index (χ1v) is 9.72. The molecule has 0 aliphatic rings. The van der Waals surface area contributed by atoms with Crippen LogP contribution in [0.25, 0.3) is 10.8 Å². The summed E-state index contributed by atoms with van der Waals surface area (Å²) >= 11 is 1.40. The topological polar surface area (TPSA) is 81.7 Å². The summed E-state index contributed by atoms with van der Waals surface area (Å²) < 4.78 is 9.39. The Balaban J connectivity index is 1.71. The van der Waals surface area contributed by atoms with Gasteiger partial charge < -0.3 is 14.8 Å². The van der Waals surface area contributed by atoms with Gasteiger partial charge in [-0.05, 0) is 41.1 Å². The van der Waals surface area contributed by atoms with E-state index in [0.717, 1.165) is 15.7 Å². The molecule has 0 saturated heterocycles. The van der Waals surface area contributed by atoms with Gasteiger partial charge in [-0.25, -0.2) is 9.59 Å². The number of carbonyl (C=O) groups excluding carboxylic acids is 3. The highest BCUT2D eigenvalue weighted by Gasteiger charge is 2.15. The Kier molecular flexibility index (Phi) is 6.51. The average Bonchev–Trinajstić information content (AvgIpc) is 2.76. The molecule has 3 rings (SSSR count). The van der Waals surface area contributed by atoms with Gasteiger partial charge in [0.15, 0.2) is 0 Å². The number of rotatable bonds is 6. The third-order valence-electron chi connectivity index (χ3n) is 4.15. The van der Waals surface area contributed by atoms with E-state index in [9.17, 15) is 14.4 Å². The van der Waals surface area contributed by atoms with Crippen LogP contribution < -0.4 is 5.32 Å². The molecule has 0 spiro atoms. The zero-order chi connectivity index (χ0) is 20.8. The zero-order valence-electron chi connectivity index (χ0n) is 15.9. The van der Waals surface area contributed by atoms with Crippen molar-refractivity contribution in [1.29, 1.82) is 0 Å². The van der Waals surface area contributed by atoms with Crippen molar-refractivity contribution >= 4 is 46.1 Å². The van der Waals surface area contributed by atoms with Crippen LogP contribution in [0.1, 0.15) is 20.7 Å². The van der Waals surface area contributed by atoms with E-state index in [-0.39, 0.29) is 22.8 Å². The fourth-order valence-corrected chi connectivity index (χ4v) is 3.52. The highest BCUT2D eigenvalue weighted by molar-refractivity contribution is 8.00. The van der Waals surface area contributed by atoms with E-state index in [4.69, 9.17) is 9.47 Å². The summed E-state index contributed by atoms with van der Waals surface area (Å²) in [7, 11) is 2.48. The second-order valence-corrected chi connectivity index (χ2v) is 7.18. The van der Waals surface area contributed by atoms with Crippen LogP contribution in [0.2, 0.25) is 0 Å². The number of carbonyl (C=O) groups is 3. The number of anilines is 1. The molecule has 0 unspecified atom stereocenters. The lowest BCUT2D eigenvalue weighted by atomic mass is 10.1. The van der Waals surface area contributed by atoms with E-state index in [2.05, 4.69) is 5.32 Å². The lowest BCUT2D eigenvalue weighted by Gasteiger charge is -2.10. The first kappa shape index (κ1) is 20.4. The maximum absolute atomic E-state index is 12.4. The van der Waals surface area contributed by atoms with E-state index in [1.165, 1.54) is 44.2 Å². The van der Waals surface area contributed by atoms with E-state index in [0.29, 0.717) is 5.69 Å². The van der Waals surface area contributed by atoms with Gasteiger partial charge in [-0.1, -0.05) is 30.3 Å². The van der Waals surface area contributed by atoms with Crippen molar-refractivity contribution < 1.29 is 23.9 Å². The molecule has 0 aliphatic heterocycles. The van der Waals surface area contributed by atoms with E-state index >= 15 is 0 Å². The SMILES string of the molecule is COC(=O)c1cc(NC(=O)CSc2ccc3ccccc3c2)cc(C(=O)OC)c1. The molecule has 0 fully saturated rings. The van der Waals surface area contributed by atoms with Crippen LogP contribution in [-0.4, -0.2) is 37.8 Å². The first-order chi connectivity index (χ1) is 14.0. The highest BCUT2D eigenvalue weighted by Crippen LogP contribution is 2.24. The largest absolute Gasteiger partial charge is 0.465 e. The van der Waals surface area contributed by atoms with Crippen molar-refractivity contribution in [3.05, 3.63) is 71.8 Å². The zero-order valence-corrected chi connectivity index (χ0v) is 16.7. The molecule has 0 atom stereocenters. The smallest absolute Gasteiger partial charge is 0.337 e. The number of amides is 1. The number of esters is 2. The third kappa shape index (κ3) is 5.14. The Hall–Kier alpha value is -3.32. The molecule has 148 valence electrons. The van der Waals surface area contributed by atoms with Gasteiger partial charge in [0.25, 0.3) is 0 Å². The van der Waals surface area contributed by atoms with Crippen molar-refractivity contribution in [2.45, 2.75) is 4.90 Å². The summed E-state index contributed by atoms with van der Waals surface area (Å²) in [6.45, 7) is 0. The number of nitrogens with one attached hydrogen (secondary N) is 1. The van der Waals surface area contributed by atoms with Gasteiger partial charge in [0.2, 0.25) is 5.91 Å². The monoisotopic (exact) mass is 409 g/mol. The molecule has 1 N–H and O–H groups in total. The Morgan fingerprint density at radius 3 is 2.07 bits per heavy atom. The van der Waals surface area contributed by atoms with Crippen LogP contribution in [0, 0.1) is 0 Å². The Morgan fingerprint density at radius 2 is 1.45 bits per heavy atom. The molecule has 0 aliphatic carbocycles. The fourth-order valence-electron chi connectivity index (χ4n) is 2.77. The van der Waals surface area contributed by atoms with Crippen molar-refractivity contribution in [2.75, 3.05) is 25.3 Å². The van der Waals surface area contributed by atoms with Gasteiger partial charge in [0.05, 0.1) is 31.1 Å². The highest BCUT2D eigenvalue weighted by atomic mass is 32.2. The summed E-state index contributed by atoms with van der Waals surface area (Å²) in [5, 5.41) is 4.95. The van der Waals surface area contributed by atoms with Crippen LogP contribution in [0.3, 0.4) is 0 Å². The Bertz CT molecular complexity index is 1050. The second kappa shape index (κ2) is 9.25. The van der Waals surface area contributed by atoms with Crippen molar-refractivity contribution in [2.24, 2.45) is 0 Å². The molecule has 0 bridgehead atoms. The molecule has 29 heavy (non-hydrogen) atoms. The maximum atomic E-state index is 12.4. The normalized spacial score (nSPS) is 10.4. The second-order valence-electron chi connectivity index (χ2n) is 6.13. The molecule has 3 aromatic rings. The van der Waals surface area contributed by atoms with Crippen molar-refractivity contribution in [1.82, 2.24) is 0 Å². The van der Waals surface area contributed by atoms with Crippen LogP contribution in [0.5, 0.6) is 0 Å². The fraction of sp³-hybridized carbons (Fsp3) is 0.136. The lowest BCUT2D eigenvalue weighted by molar-refractivity contribution is -0.113. The molecule has 3 aromatic carbocycles. The Morgan fingerprint density at radius 1 is 0.828 bits per heavy atom. The average molecular weight is 409 g/mol. The van der Waals surface area contributed by atoms with Gasteiger partial charge in [-0.15, -0.1) is 11.8 Å². The summed E-state index contributed by atoms with van der Waals surface area (Å²) in [6, 6.07) is 18.3. The summed E-state index contributed by atoms with van der Waals surface area (Å²) in [5.74, 6) is -1.32. The van der Waals surface area contributed by atoms with Crippen molar-refractivity contribution in [3.63, 3.8) is 0 Å².